The van der Waals surface area contributed by atoms with Crippen LogP contribution >= 0.6 is 11.6 Å². The standard InChI is InChI=1S/C15H18ClNO4/c1-21-12-4-3-11(16)7-10(12)9-17-13(18)8-15(14(19)20)5-2-6-15/h3-4,7H,2,5-6,8-9H2,1H3,(H,17,18)(H,19,20). The number of hydrogen-bond donors (Lipinski definition) is 2. The summed E-state index contributed by atoms with van der Waals surface area (Å²) in [7, 11) is 1.54. The second-order valence-corrected chi connectivity index (χ2v) is 5.79. The zero-order valence-corrected chi connectivity index (χ0v) is 12.6. The van der Waals surface area contributed by atoms with Gasteiger partial charge in [-0.15, -0.1) is 0 Å². The molecule has 1 aliphatic rings. The number of halogens is 1. The molecule has 114 valence electrons. The largest absolute Gasteiger partial charge is 0.496 e. The first-order valence-electron chi connectivity index (χ1n) is 6.79. The van der Waals surface area contributed by atoms with Crippen molar-refractivity contribution in [2.75, 3.05) is 7.11 Å². The summed E-state index contributed by atoms with van der Waals surface area (Å²) >= 11 is 5.92. The molecule has 1 saturated carbocycles. The van der Waals surface area contributed by atoms with Crippen LogP contribution in [-0.4, -0.2) is 24.1 Å². The number of carbonyl (C=O) groups is 2. The molecule has 1 aromatic rings. The number of hydrogen-bond acceptors (Lipinski definition) is 3. The van der Waals surface area contributed by atoms with Crippen LogP contribution in [0.4, 0.5) is 0 Å². The number of ether oxygens (including phenoxy) is 1. The average molecular weight is 312 g/mol. The average Bonchev–Trinajstić information content (AvgIpc) is 2.40. The molecule has 6 heteroatoms. The van der Waals surface area contributed by atoms with Crippen LogP contribution in [0.2, 0.25) is 5.02 Å². The van der Waals surface area contributed by atoms with Gasteiger partial charge in [-0.3, -0.25) is 9.59 Å². The number of rotatable bonds is 6. The highest BCUT2D eigenvalue weighted by atomic mass is 35.5. The van der Waals surface area contributed by atoms with Gasteiger partial charge in [-0.05, 0) is 31.0 Å². The molecular weight excluding hydrogens is 294 g/mol. The molecule has 21 heavy (non-hydrogen) atoms. The van der Waals surface area contributed by atoms with Gasteiger partial charge < -0.3 is 15.2 Å². The van der Waals surface area contributed by atoms with Crippen molar-refractivity contribution < 1.29 is 19.4 Å². The van der Waals surface area contributed by atoms with Crippen molar-refractivity contribution in [1.29, 1.82) is 0 Å². The lowest BCUT2D eigenvalue weighted by Crippen LogP contribution is -2.42. The first-order valence-corrected chi connectivity index (χ1v) is 7.17. The lowest BCUT2D eigenvalue weighted by Gasteiger charge is -2.36. The Morgan fingerprint density at radius 2 is 2.14 bits per heavy atom. The van der Waals surface area contributed by atoms with Gasteiger partial charge in [0.05, 0.1) is 12.5 Å². The van der Waals surface area contributed by atoms with Gasteiger partial charge in [0.25, 0.3) is 0 Å². The Bertz CT molecular complexity index is 555. The molecule has 0 aromatic heterocycles. The van der Waals surface area contributed by atoms with Crippen molar-refractivity contribution in [2.24, 2.45) is 5.41 Å². The zero-order chi connectivity index (χ0) is 15.5. The molecule has 0 saturated heterocycles. The Kier molecular flexibility index (Phi) is 4.73. The topological polar surface area (TPSA) is 75.6 Å². The summed E-state index contributed by atoms with van der Waals surface area (Å²) in [5, 5.41) is 12.5. The number of carboxylic acids is 1. The van der Waals surface area contributed by atoms with Gasteiger partial charge in [-0.25, -0.2) is 0 Å². The lowest BCUT2D eigenvalue weighted by atomic mass is 9.66. The van der Waals surface area contributed by atoms with Crippen LogP contribution in [0, 0.1) is 5.41 Å². The molecular formula is C15H18ClNO4. The van der Waals surface area contributed by atoms with Gasteiger partial charge in [0.2, 0.25) is 5.91 Å². The molecule has 2 N–H and O–H groups in total. The van der Waals surface area contributed by atoms with E-state index in [9.17, 15) is 14.7 Å². The van der Waals surface area contributed by atoms with Crippen LogP contribution in [0.25, 0.3) is 0 Å². The summed E-state index contributed by atoms with van der Waals surface area (Å²) in [4.78, 5) is 23.2. The number of carboxylic acid groups (broad SMARTS) is 1. The van der Waals surface area contributed by atoms with Crippen molar-refractivity contribution in [3.63, 3.8) is 0 Å². The molecule has 0 bridgehead atoms. The normalized spacial score (nSPS) is 15.9. The van der Waals surface area contributed by atoms with Crippen LogP contribution in [0.3, 0.4) is 0 Å². The van der Waals surface area contributed by atoms with E-state index >= 15 is 0 Å². The Balaban J connectivity index is 1.95. The van der Waals surface area contributed by atoms with E-state index in [0.717, 1.165) is 12.0 Å². The predicted octanol–water partition coefficient (Wildman–Crippen LogP) is 2.61. The minimum absolute atomic E-state index is 0.0191. The third-order valence-corrected chi connectivity index (χ3v) is 4.22. The summed E-state index contributed by atoms with van der Waals surface area (Å²) in [5.74, 6) is -0.514. The predicted molar refractivity (Wildman–Crippen MR) is 78.4 cm³/mol. The Morgan fingerprint density at radius 3 is 2.67 bits per heavy atom. The fourth-order valence-corrected chi connectivity index (χ4v) is 2.71. The maximum atomic E-state index is 12.0. The number of benzene rings is 1. The van der Waals surface area contributed by atoms with E-state index in [1.54, 1.807) is 25.3 Å². The number of methoxy groups -OCH3 is 1. The van der Waals surface area contributed by atoms with Crippen molar-refractivity contribution in [3.8, 4) is 5.75 Å². The molecule has 1 fully saturated rings. The molecule has 1 aromatic carbocycles. The van der Waals surface area contributed by atoms with Gasteiger partial charge in [0.15, 0.2) is 0 Å². The maximum Gasteiger partial charge on any atom is 0.310 e. The summed E-state index contributed by atoms with van der Waals surface area (Å²) in [6.45, 7) is 0.262. The lowest BCUT2D eigenvalue weighted by molar-refractivity contribution is -0.157. The minimum atomic E-state index is -0.885. The zero-order valence-electron chi connectivity index (χ0n) is 11.8. The van der Waals surface area contributed by atoms with Crippen LogP contribution in [0.15, 0.2) is 18.2 Å². The molecule has 0 radical (unpaired) electrons. The van der Waals surface area contributed by atoms with E-state index in [0.29, 0.717) is 23.6 Å². The quantitative estimate of drug-likeness (QED) is 0.846. The number of amides is 1. The van der Waals surface area contributed by atoms with Crippen molar-refractivity contribution >= 4 is 23.5 Å². The van der Waals surface area contributed by atoms with Gasteiger partial charge in [0.1, 0.15) is 5.75 Å². The first-order chi connectivity index (χ1) is 9.97. The number of carbonyl (C=O) groups excluding carboxylic acids is 1. The van der Waals surface area contributed by atoms with Crippen LogP contribution < -0.4 is 10.1 Å². The Hall–Kier alpha value is -1.75. The van der Waals surface area contributed by atoms with Gasteiger partial charge in [0, 0.05) is 23.6 Å². The summed E-state index contributed by atoms with van der Waals surface area (Å²) in [5.41, 5.74) is -0.112. The Labute approximate surface area is 128 Å². The second kappa shape index (κ2) is 6.35. The third kappa shape index (κ3) is 3.47. The van der Waals surface area contributed by atoms with Gasteiger partial charge in [-0.2, -0.15) is 0 Å². The Morgan fingerprint density at radius 1 is 1.43 bits per heavy atom. The summed E-state index contributed by atoms with van der Waals surface area (Å²) in [6.07, 6.45) is 2.01. The fraction of sp³-hybridized carbons (Fsp3) is 0.467. The molecule has 0 unspecified atom stereocenters. The highest BCUT2D eigenvalue weighted by Gasteiger charge is 2.45. The maximum absolute atomic E-state index is 12.0. The monoisotopic (exact) mass is 311 g/mol. The van der Waals surface area contributed by atoms with E-state index in [1.807, 2.05) is 0 Å². The molecule has 1 amide bonds. The first kappa shape index (κ1) is 15.6. The van der Waals surface area contributed by atoms with E-state index in [-0.39, 0.29) is 18.9 Å². The summed E-state index contributed by atoms with van der Waals surface area (Å²) in [6, 6.07) is 5.16. The SMILES string of the molecule is COc1ccc(Cl)cc1CNC(=O)CC1(C(=O)O)CCC1. The highest BCUT2D eigenvalue weighted by molar-refractivity contribution is 6.30. The van der Waals surface area contributed by atoms with Gasteiger partial charge >= 0.3 is 5.97 Å². The van der Waals surface area contributed by atoms with Gasteiger partial charge in [-0.1, -0.05) is 18.0 Å². The molecule has 1 aliphatic carbocycles. The molecule has 0 heterocycles. The van der Waals surface area contributed by atoms with Crippen LogP contribution in [-0.2, 0) is 16.1 Å². The molecule has 0 spiro atoms. The van der Waals surface area contributed by atoms with Crippen molar-refractivity contribution in [1.82, 2.24) is 5.32 Å². The highest BCUT2D eigenvalue weighted by Crippen LogP contribution is 2.44. The molecule has 0 atom stereocenters. The van der Waals surface area contributed by atoms with E-state index < -0.39 is 11.4 Å². The second-order valence-electron chi connectivity index (χ2n) is 5.35. The van der Waals surface area contributed by atoms with Crippen LogP contribution in [0.5, 0.6) is 5.75 Å². The van der Waals surface area contributed by atoms with Crippen molar-refractivity contribution in [3.05, 3.63) is 28.8 Å². The molecule has 5 nitrogen and oxygen atoms in total. The van der Waals surface area contributed by atoms with E-state index in [4.69, 9.17) is 16.3 Å². The van der Waals surface area contributed by atoms with E-state index in [2.05, 4.69) is 5.32 Å². The van der Waals surface area contributed by atoms with Crippen molar-refractivity contribution in [2.45, 2.75) is 32.2 Å². The van der Waals surface area contributed by atoms with E-state index in [1.165, 1.54) is 0 Å². The fourth-order valence-electron chi connectivity index (χ4n) is 2.52. The number of nitrogens with one attached hydrogen (secondary N) is 1. The smallest absolute Gasteiger partial charge is 0.310 e. The summed E-state index contributed by atoms with van der Waals surface area (Å²) < 4.78 is 5.20. The number of aliphatic carboxylic acids is 1. The van der Waals surface area contributed by atoms with Crippen LogP contribution in [0.1, 0.15) is 31.2 Å². The molecule has 0 aliphatic heterocycles. The minimum Gasteiger partial charge on any atom is -0.496 e. The third-order valence-electron chi connectivity index (χ3n) is 3.98. The molecule has 2 rings (SSSR count).